The number of carbonyl (C=O) groups is 2. The SMILES string of the molecule is CCOc1ccc(N2C(=O)C=CC2=O)cc1F. The van der Waals surface area contributed by atoms with Gasteiger partial charge in [0.15, 0.2) is 11.6 Å². The highest BCUT2D eigenvalue weighted by Crippen LogP contribution is 2.25. The van der Waals surface area contributed by atoms with E-state index in [1.165, 1.54) is 12.1 Å². The zero-order valence-corrected chi connectivity index (χ0v) is 9.14. The van der Waals surface area contributed by atoms with Gasteiger partial charge in [0, 0.05) is 18.2 Å². The summed E-state index contributed by atoms with van der Waals surface area (Å²) in [6, 6.07) is 3.97. The molecule has 0 unspecified atom stereocenters. The summed E-state index contributed by atoms with van der Waals surface area (Å²) in [6.45, 7) is 2.09. The summed E-state index contributed by atoms with van der Waals surface area (Å²) in [5, 5.41) is 0. The Morgan fingerprint density at radius 1 is 1.24 bits per heavy atom. The second-order valence-electron chi connectivity index (χ2n) is 3.39. The number of hydrogen-bond donors (Lipinski definition) is 0. The van der Waals surface area contributed by atoms with Crippen molar-refractivity contribution in [2.24, 2.45) is 0 Å². The van der Waals surface area contributed by atoms with Crippen LogP contribution in [0.4, 0.5) is 10.1 Å². The van der Waals surface area contributed by atoms with Crippen molar-refractivity contribution in [1.29, 1.82) is 0 Å². The van der Waals surface area contributed by atoms with Crippen molar-refractivity contribution in [2.75, 3.05) is 11.5 Å². The average molecular weight is 235 g/mol. The van der Waals surface area contributed by atoms with E-state index < -0.39 is 17.6 Å². The quantitative estimate of drug-likeness (QED) is 0.748. The first-order chi connectivity index (χ1) is 8.13. The lowest BCUT2D eigenvalue weighted by atomic mass is 10.2. The molecule has 2 amide bonds. The lowest BCUT2D eigenvalue weighted by molar-refractivity contribution is -0.119. The van der Waals surface area contributed by atoms with Crippen LogP contribution in [-0.4, -0.2) is 18.4 Å². The fourth-order valence-corrected chi connectivity index (χ4v) is 1.56. The van der Waals surface area contributed by atoms with Gasteiger partial charge in [-0.15, -0.1) is 0 Å². The lowest BCUT2D eigenvalue weighted by Crippen LogP contribution is -2.29. The molecule has 1 aliphatic rings. The van der Waals surface area contributed by atoms with Gasteiger partial charge >= 0.3 is 0 Å². The van der Waals surface area contributed by atoms with Crippen LogP contribution in [0.2, 0.25) is 0 Å². The summed E-state index contributed by atoms with van der Waals surface area (Å²) in [6.07, 6.45) is 2.30. The van der Waals surface area contributed by atoms with E-state index in [1.54, 1.807) is 6.92 Å². The standard InChI is InChI=1S/C12H10FNO3/c1-2-17-10-4-3-8(7-9(10)13)14-11(15)5-6-12(14)16/h3-7H,2H2,1H3. The maximum Gasteiger partial charge on any atom is 0.258 e. The van der Waals surface area contributed by atoms with E-state index >= 15 is 0 Å². The van der Waals surface area contributed by atoms with Gasteiger partial charge in [-0.3, -0.25) is 9.59 Å². The Bertz CT molecular complexity index is 492. The molecule has 0 spiro atoms. The lowest BCUT2D eigenvalue weighted by Gasteiger charge is -2.14. The Hall–Kier alpha value is -2.17. The van der Waals surface area contributed by atoms with E-state index in [0.29, 0.717) is 6.61 Å². The number of amides is 2. The predicted octanol–water partition coefficient (Wildman–Crippen LogP) is 1.65. The molecule has 1 aromatic rings. The molecule has 0 radical (unpaired) electrons. The fourth-order valence-electron chi connectivity index (χ4n) is 1.56. The summed E-state index contributed by atoms with van der Waals surface area (Å²) in [7, 11) is 0. The van der Waals surface area contributed by atoms with Gasteiger partial charge in [-0.05, 0) is 19.1 Å². The first kappa shape index (κ1) is 11.3. The van der Waals surface area contributed by atoms with Crippen LogP contribution in [-0.2, 0) is 9.59 Å². The Morgan fingerprint density at radius 3 is 2.41 bits per heavy atom. The molecule has 0 fully saturated rings. The van der Waals surface area contributed by atoms with Gasteiger partial charge in [0.05, 0.1) is 12.3 Å². The fraction of sp³-hybridized carbons (Fsp3) is 0.167. The van der Waals surface area contributed by atoms with Gasteiger partial charge in [0.1, 0.15) is 0 Å². The van der Waals surface area contributed by atoms with Crippen molar-refractivity contribution in [3.05, 3.63) is 36.2 Å². The highest BCUT2D eigenvalue weighted by molar-refractivity contribution is 6.28. The second kappa shape index (κ2) is 4.37. The molecule has 4 nitrogen and oxygen atoms in total. The number of rotatable bonds is 3. The molecule has 2 rings (SSSR count). The van der Waals surface area contributed by atoms with Crippen LogP contribution >= 0.6 is 0 Å². The number of carbonyl (C=O) groups excluding carboxylic acids is 2. The number of ether oxygens (including phenoxy) is 1. The van der Waals surface area contributed by atoms with Crippen LogP contribution in [0.3, 0.4) is 0 Å². The summed E-state index contributed by atoms with van der Waals surface area (Å²) in [5.74, 6) is -1.45. The minimum atomic E-state index is -0.600. The van der Waals surface area contributed by atoms with Crippen LogP contribution < -0.4 is 9.64 Å². The maximum atomic E-state index is 13.6. The van der Waals surface area contributed by atoms with Crippen LogP contribution in [0.25, 0.3) is 0 Å². The smallest absolute Gasteiger partial charge is 0.258 e. The van der Waals surface area contributed by atoms with Crippen LogP contribution in [0, 0.1) is 5.82 Å². The maximum absolute atomic E-state index is 13.6. The monoisotopic (exact) mass is 235 g/mol. The Morgan fingerprint density at radius 2 is 1.88 bits per heavy atom. The molecule has 5 heteroatoms. The molecular formula is C12H10FNO3. The first-order valence-electron chi connectivity index (χ1n) is 5.12. The number of benzene rings is 1. The van der Waals surface area contributed by atoms with Gasteiger partial charge in [0.2, 0.25) is 0 Å². The second-order valence-corrected chi connectivity index (χ2v) is 3.39. The van der Waals surface area contributed by atoms with Crippen molar-refractivity contribution in [3.63, 3.8) is 0 Å². The average Bonchev–Trinajstić information content (AvgIpc) is 2.62. The molecule has 1 aliphatic heterocycles. The molecule has 0 aromatic heterocycles. The third-order valence-corrected chi connectivity index (χ3v) is 2.28. The molecule has 0 bridgehead atoms. The number of anilines is 1. The van der Waals surface area contributed by atoms with Gasteiger partial charge in [-0.1, -0.05) is 0 Å². The van der Waals surface area contributed by atoms with Crippen molar-refractivity contribution >= 4 is 17.5 Å². The van der Waals surface area contributed by atoms with Gasteiger partial charge in [-0.2, -0.15) is 0 Å². The molecule has 17 heavy (non-hydrogen) atoms. The van der Waals surface area contributed by atoms with Gasteiger partial charge < -0.3 is 4.74 Å². The molecule has 1 aromatic carbocycles. The molecule has 0 aliphatic carbocycles. The number of nitrogens with zero attached hydrogens (tertiary/aromatic N) is 1. The van der Waals surface area contributed by atoms with Crippen molar-refractivity contribution in [2.45, 2.75) is 6.92 Å². The van der Waals surface area contributed by atoms with Gasteiger partial charge in [-0.25, -0.2) is 9.29 Å². The molecule has 1 heterocycles. The summed E-state index contributed by atoms with van der Waals surface area (Å²) in [5.41, 5.74) is 0.200. The third kappa shape index (κ3) is 2.04. The summed E-state index contributed by atoms with van der Waals surface area (Å²) < 4.78 is 18.6. The summed E-state index contributed by atoms with van der Waals surface area (Å²) >= 11 is 0. The van der Waals surface area contributed by atoms with Crippen molar-refractivity contribution < 1.29 is 18.7 Å². The third-order valence-electron chi connectivity index (χ3n) is 2.28. The number of imide groups is 1. The molecule has 0 saturated carbocycles. The van der Waals surface area contributed by atoms with Crippen molar-refractivity contribution in [3.8, 4) is 5.75 Å². The Balaban J connectivity index is 2.32. The first-order valence-corrected chi connectivity index (χ1v) is 5.12. The zero-order chi connectivity index (χ0) is 12.4. The largest absolute Gasteiger partial charge is 0.491 e. The number of halogens is 1. The van der Waals surface area contributed by atoms with E-state index in [0.717, 1.165) is 23.1 Å². The van der Waals surface area contributed by atoms with Crippen LogP contribution in [0.15, 0.2) is 30.4 Å². The topological polar surface area (TPSA) is 46.6 Å². The molecule has 0 atom stereocenters. The highest BCUT2D eigenvalue weighted by Gasteiger charge is 2.25. The van der Waals surface area contributed by atoms with E-state index in [1.807, 2.05) is 0 Å². The van der Waals surface area contributed by atoms with E-state index in [4.69, 9.17) is 4.74 Å². The molecular weight excluding hydrogens is 225 g/mol. The zero-order valence-electron chi connectivity index (χ0n) is 9.14. The van der Waals surface area contributed by atoms with Gasteiger partial charge in [0.25, 0.3) is 11.8 Å². The Labute approximate surface area is 97.3 Å². The van der Waals surface area contributed by atoms with Crippen molar-refractivity contribution in [1.82, 2.24) is 0 Å². The molecule has 0 saturated heterocycles. The normalized spacial score (nSPS) is 14.6. The van der Waals surface area contributed by atoms with E-state index in [2.05, 4.69) is 0 Å². The predicted molar refractivity (Wildman–Crippen MR) is 59.2 cm³/mol. The highest BCUT2D eigenvalue weighted by atomic mass is 19.1. The van der Waals surface area contributed by atoms with Crippen LogP contribution in [0.1, 0.15) is 6.92 Å². The minimum absolute atomic E-state index is 0.100. The molecule has 88 valence electrons. The van der Waals surface area contributed by atoms with E-state index in [-0.39, 0.29) is 11.4 Å². The molecule has 0 N–H and O–H groups in total. The minimum Gasteiger partial charge on any atom is -0.491 e. The number of hydrogen-bond acceptors (Lipinski definition) is 3. The summed E-state index contributed by atoms with van der Waals surface area (Å²) in [4.78, 5) is 23.6. The van der Waals surface area contributed by atoms with Crippen LogP contribution in [0.5, 0.6) is 5.75 Å². The Kier molecular flexibility index (Phi) is 2.91. The van der Waals surface area contributed by atoms with E-state index in [9.17, 15) is 14.0 Å².